The molecule has 0 unspecified atom stereocenters. The zero-order valence-electron chi connectivity index (χ0n) is 16.3. The van der Waals surface area contributed by atoms with Gasteiger partial charge in [0.2, 0.25) is 11.6 Å². The van der Waals surface area contributed by atoms with Gasteiger partial charge < -0.3 is 15.0 Å². The second-order valence-corrected chi connectivity index (χ2v) is 6.82. The molecule has 1 aromatic heterocycles. The molecule has 1 aliphatic heterocycles. The van der Waals surface area contributed by atoms with Crippen LogP contribution in [0.1, 0.15) is 21.6 Å². The first kappa shape index (κ1) is 18.7. The van der Waals surface area contributed by atoms with Crippen molar-refractivity contribution in [3.8, 4) is 5.75 Å². The molecule has 8 heteroatoms. The van der Waals surface area contributed by atoms with Gasteiger partial charge in [-0.2, -0.15) is 0 Å². The molecular formula is C21H21N5O3. The number of methoxy groups -OCH3 is 1. The van der Waals surface area contributed by atoms with Crippen molar-refractivity contribution in [2.24, 2.45) is 0 Å². The van der Waals surface area contributed by atoms with Gasteiger partial charge in [0, 0.05) is 25.3 Å². The normalized spacial score (nSPS) is 12.6. The Bertz CT molecular complexity index is 1090. The zero-order valence-corrected chi connectivity index (χ0v) is 16.3. The molecule has 3 aromatic rings. The van der Waals surface area contributed by atoms with Gasteiger partial charge in [0.15, 0.2) is 0 Å². The summed E-state index contributed by atoms with van der Waals surface area (Å²) in [5.41, 5.74) is 2.33. The third-order valence-electron chi connectivity index (χ3n) is 4.89. The molecule has 0 bridgehead atoms. The third-order valence-corrected chi connectivity index (χ3v) is 4.89. The van der Waals surface area contributed by atoms with Crippen LogP contribution in [0, 0.1) is 6.92 Å². The molecule has 1 N–H and O–H groups in total. The summed E-state index contributed by atoms with van der Waals surface area (Å²) in [5.74, 6) is 0.647. The molecule has 148 valence electrons. The van der Waals surface area contributed by atoms with Gasteiger partial charge in [0.05, 0.1) is 7.11 Å². The van der Waals surface area contributed by atoms with Crippen molar-refractivity contribution in [3.63, 3.8) is 0 Å². The van der Waals surface area contributed by atoms with Crippen molar-refractivity contribution >= 4 is 17.5 Å². The highest BCUT2D eigenvalue weighted by Gasteiger charge is 2.27. The summed E-state index contributed by atoms with van der Waals surface area (Å²) in [7, 11) is 1.61. The van der Waals surface area contributed by atoms with Crippen molar-refractivity contribution in [1.29, 1.82) is 0 Å². The molecule has 1 amide bonds. The van der Waals surface area contributed by atoms with Crippen LogP contribution in [0.2, 0.25) is 0 Å². The molecule has 2 heterocycles. The van der Waals surface area contributed by atoms with Gasteiger partial charge in [-0.3, -0.25) is 14.2 Å². The largest absolute Gasteiger partial charge is 0.497 e. The number of aromatic nitrogens is 3. The number of benzene rings is 2. The molecule has 0 aliphatic carbocycles. The summed E-state index contributed by atoms with van der Waals surface area (Å²) in [6.45, 7) is 3.33. The Morgan fingerprint density at radius 1 is 1.07 bits per heavy atom. The second-order valence-electron chi connectivity index (χ2n) is 6.82. The maximum atomic E-state index is 12.8. The average molecular weight is 391 g/mol. The molecule has 29 heavy (non-hydrogen) atoms. The maximum Gasteiger partial charge on any atom is 0.286 e. The summed E-state index contributed by atoms with van der Waals surface area (Å²) >= 11 is 0. The van der Waals surface area contributed by atoms with Crippen molar-refractivity contribution in [2.75, 3.05) is 18.6 Å². The first-order valence-electron chi connectivity index (χ1n) is 9.29. The first-order valence-corrected chi connectivity index (χ1v) is 9.29. The van der Waals surface area contributed by atoms with Gasteiger partial charge in [-0.1, -0.05) is 29.8 Å². The van der Waals surface area contributed by atoms with E-state index in [0.717, 1.165) is 22.6 Å². The van der Waals surface area contributed by atoms with Crippen LogP contribution in [0.25, 0.3) is 0 Å². The Kier molecular flexibility index (Phi) is 4.99. The van der Waals surface area contributed by atoms with E-state index in [9.17, 15) is 9.59 Å². The van der Waals surface area contributed by atoms with Crippen LogP contribution in [0.5, 0.6) is 5.75 Å². The molecule has 8 nitrogen and oxygen atoms in total. The molecular weight excluding hydrogens is 370 g/mol. The van der Waals surface area contributed by atoms with E-state index >= 15 is 0 Å². The van der Waals surface area contributed by atoms with E-state index in [-0.39, 0.29) is 5.69 Å². The minimum Gasteiger partial charge on any atom is -0.497 e. The molecule has 1 aliphatic rings. The third kappa shape index (κ3) is 3.69. The maximum absolute atomic E-state index is 12.8. The number of hydrogen-bond acceptors (Lipinski definition) is 6. The molecule has 2 aromatic carbocycles. The van der Waals surface area contributed by atoms with Crippen LogP contribution in [0.3, 0.4) is 0 Å². The average Bonchev–Trinajstić information content (AvgIpc) is 3.18. The number of carbonyl (C=O) groups is 1. The van der Waals surface area contributed by atoms with Gasteiger partial charge in [0.25, 0.3) is 11.5 Å². The fourth-order valence-corrected chi connectivity index (χ4v) is 3.23. The number of hydrogen-bond donors (Lipinski definition) is 1. The van der Waals surface area contributed by atoms with Crippen molar-refractivity contribution in [3.05, 3.63) is 75.7 Å². The van der Waals surface area contributed by atoms with Crippen LogP contribution < -0.4 is 20.5 Å². The Labute approximate surface area is 167 Å². The topological polar surface area (TPSA) is 89.3 Å². The lowest BCUT2D eigenvalue weighted by Gasteiger charge is -2.17. The summed E-state index contributed by atoms with van der Waals surface area (Å²) in [5, 5.41) is 10.8. The number of aryl methyl sites for hydroxylation is 1. The highest BCUT2D eigenvalue weighted by molar-refractivity contribution is 5.91. The van der Waals surface area contributed by atoms with Gasteiger partial charge in [0.1, 0.15) is 5.75 Å². The summed E-state index contributed by atoms with van der Waals surface area (Å²) in [6.07, 6.45) is 0. The molecule has 0 radical (unpaired) electrons. The number of rotatable bonds is 5. The van der Waals surface area contributed by atoms with Crippen molar-refractivity contribution < 1.29 is 9.53 Å². The van der Waals surface area contributed by atoms with E-state index < -0.39 is 11.5 Å². The lowest BCUT2D eigenvalue weighted by molar-refractivity contribution is 0.0942. The number of nitrogens with zero attached hydrogens (tertiary/aromatic N) is 4. The quantitative estimate of drug-likeness (QED) is 0.716. The molecule has 0 fully saturated rings. The molecule has 4 rings (SSSR count). The van der Waals surface area contributed by atoms with Gasteiger partial charge in [-0.25, -0.2) is 0 Å². The van der Waals surface area contributed by atoms with E-state index in [1.165, 1.54) is 4.57 Å². The zero-order chi connectivity index (χ0) is 20.4. The lowest BCUT2D eigenvalue weighted by Crippen LogP contribution is -2.34. The van der Waals surface area contributed by atoms with Gasteiger partial charge in [-0.05, 0) is 36.8 Å². The molecule has 0 atom stereocenters. The number of ether oxygens (including phenoxy) is 1. The Hall–Kier alpha value is -3.68. The predicted octanol–water partition coefficient (Wildman–Crippen LogP) is 2.04. The number of carbonyl (C=O) groups excluding carboxylic acids is 1. The standard InChI is InChI=1S/C21H21N5O3/c1-14-3-5-15(6-4-14)13-22-19(27)18-20(28)26-12-11-25(21(26)24-23-18)16-7-9-17(29-2)10-8-16/h3-10H,11-13H2,1-2H3,(H,22,27). The van der Waals surface area contributed by atoms with E-state index in [1.54, 1.807) is 7.11 Å². The molecule has 0 spiro atoms. The molecule has 0 saturated heterocycles. The monoisotopic (exact) mass is 391 g/mol. The molecule has 0 saturated carbocycles. The predicted molar refractivity (Wildman–Crippen MR) is 109 cm³/mol. The fraction of sp³-hybridized carbons (Fsp3) is 0.238. The summed E-state index contributed by atoms with van der Waals surface area (Å²) in [4.78, 5) is 27.2. The van der Waals surface area contributed by atoms with Crippen LogP contribution in [-0.4, -0.2) is 34.3 Å². The number of nitrogens with one attached hydrogen (secondary N) is 1. The number of fused-ring (bicyclic) bond motifs is 1. The highest BCUT2D eigenvalue weighted by atomic mass is 16.5. The van der Waals surface area contributed by atoms with Gasteiger partial charge in [-0.15, -0.1) is 10.2 Å². The minimum atomic E-state index is -0.527. The lowest BCUT2D eigenvalue weighted by atomic mass is 10.1. The smallest absolute Gasteiger partial charge is 0.286 e. The van der Waals surface area contributed by atoms with Crippen molar-refractivity contribution in [2.45, 2.75) is 20.0 Å². The Morgan fingerprint density at radius 3 is 2.48 bits per heavy atom. The highest BCUT2D eigenvalue weighted by Crippen LogP contribution is 2.28. The fourth-order valence-electron chi connectivity index (χ4n) is 3.23. The first-order chi connectivity index (χ1) is 14.1. The minimum absolute atomic E-state index is 0.197. The van der Waals surface area contributed by atoms with E-state index in [1.807, 2.05) is 60.4 Å². The SMILES string of the molecule is COc1ccc(N2CCn3c2nnc(C(=O)NCc2ccc(C)cc2)c3=O)cc1. The van der Waals surface area contributed by atoms with E-state index in [0.29, 0.717) is 25.6 Å². The Balaban J connectivity index is 1.53. The van der Waals surface area contributed by atoms with E-state index in [4.69, 9.17) is 4.74 Å². The summed E-state index contributed by atoms with van der Waals surface area (Å²) < 4.78 is 6.66. The Morgan fingerprint density at radius 2 is 1.79 bits per heavy atom. The van der Waals surface area contributed by atoms with Crippen LogP contribution in [-0.2, 0) is 13.1 Å². The van der Waals surface area contributed by atoms with Crippen LogP contribution in [0.4, 0.5) is 11.6 Å². The number of amides is 1. The van der Waals surface area contributed by atoms with E-state index in [2.05, 4.69) is 15.5 Å². The van der Waals surface area contributed by atoms with Crippen LogP contribution in [0.15, 0.2) is 53.3 Å². The van der Waals surface area contributed by atoms with Crippen molar-refractivity contribution in [1.82, 2.24) is 20.1 Å². The number of anilines is 2. The second kappa shape index (κ2) is 7.75. The summed E-state index contributed by atoms with van der Waals surface area (Å²) in [6, 6.07) is 15.3. The van der Waals surface area contributed by atoms with Gasteiger partial charge >= 0.3 is 0 Å². The van der Waals surface area contributed by atoms with Crippen LogP contribution >= 0.6 is 0 Å².